The molecule has 0 aliphatic heterocycles. The lowest BCUT2D eigenvalue weighted by atomic mass is 10.1. The van der Waals surface area contributed by atoms with Gasteiger partial charge in [-0.3, -0.25) is 10.1 Å². The molecule has 1 atom stereocenters. The second-order valence-electron chi connectivity index (χ2n) is 4.32. The summed E-state index contributed by atoms with van der Waals surface area (Å²) in [7, 11) is 0. The largest absolute Gasteiger partial charge is 0.418 e. The molecule has 0 spiro atoms. The van der Waals surface area contributed by atoms with Gasteiger partial charge in [0.1, 0.15) is 11.3 Å². The topological polar surface area (TPSA) is 85.4 Å². The molecule has 6 nitrogen and oxygen atoms in total. The zero-order valence-electron chi connectivity index (χ0n) is 10.7. The quantitative estimate of drug-likeness (QED) is 0.520. The van der Waals surface area contributed by atoms with Crippen LogP contribution in [0.5, 0.6) is 0 Å². The molecule has 19 heavy (non-hydrogen) atoms. The molecule has 0 amide bonds. The van der Waals surface area contributed by atoms with E-state index in [2.05, 4.69) is 5.32 Å². The minimum atomic E-state index is -0.936. The Morgan fingerprint density at radius 2 is 2.11 bits per heavy atom. The van der Waals surface area contributed by atoms with Crippen LogP contribution in [0.15, 0.2) is 33.5 Å². The number of benzene rings is 1. The van der Waals surface area contributed by atoms with Crippen molar-refractivity contribution in [1.29, 1.82) is 0 Å². The van der Waals surface area contributed by atoms with Gasteiger partial charge in [0.2, 0.25) is 0 Å². The summed E-state index contributed by atoms with van der Waals surface area (Å²) in [6, 6.07) is 6.78. The summed E-state index contributed by atoms with van der Waals surface area (Å²) in [6.07, 6.45) is 0.783. The fraction of sp³-hybridized carbons (Fsp3) is 0.308. The summed E-state index contributed by atoms with van der Waals surface area (Å²) in [5.74, 6) is 0. The van der Waals surface area contributed by atoms with Crippen LogP contribution in [0.2, 0.25) is 0 Å². The molecule has 6 heteroatoms. The average molecular weight is 262 g/mol. The number of para-hydroxylation sites is 1. The highest BCUT2D eigenvalue weighted by atomic mass is 16.6. The first-order valence-corrected chi connectivity index (χ1v) is 6.01. The third kappa shape index (κ3) is 2.42. The molecule has 0 aliphatic carbocycles. The molecule has 1 aromatic carbocycles. The van der Waals surface area contributed by atoms with E-state index in [1.54, 1.807) is 24.3 Å². The number of anilines is 1. The van der Waals surface area contributed by atoms with Crippen LogP contribution in [0.1, 0.15) is 20.3 Å². The molecule has 100 valence electrons. The van der Waals surface area contributed by atoms with Crippen molar-refractivity contribution in [2.45, 2.75) is 26.3 Å². The maximum Gasteiger partial charge on any atom is 0.417 e. The molecule has 0 aliphatic rings. The maximum absolute atomic E-state index is 11.7. The first kappa shape index (κ1) is 13.1. The monoisotopic (exact) mass is 262 g/mol. The van der Waals surface area contributed by atoms with E-state index in [0.29, 0.717) is 11.0 Å². The van der Waals surface area contributed by atoms with Crippen LogP contribution in [0.25, 0.3) is 11.0 Å². The summed E-state index contributed by atoms with van der Waals surface area (Å²) in [6.45, 7) is 3.85. The fourth-order valence-electron chi connectivity index (χ4n) is 1.80. The van der Waals surface area contributed by atoms with E-state index in [1.807, 2.05) is 13.8 Å². The second-order valence-corrected chi connectivity index (χ2v) is 4.32. The van der Waals surface area contributed by atoms with Crippen molar-refractivity contribution in [3.05, 3.63) is 44.8 Å². The van der Waals surface area contributed by atoms with E-state index in [9.17, 15) is 14.9 Å². The summed E-state index contributed by atoms with van der Waals surface area (Å²) >= 11 is 0. The molecule has 1 aromatic heterocycles. The highest BCUT2D eigenvalue weighted by Gasteiger charge is 2.25. The smallest absolute Gasteiger partial charge is 0.417 e. The van der Waals surface area contributed by atoms with Gasteiger partial charge in [-0.2, -0.15) is 0 Å². The highest BCUT2D eigenvalue weighted by molar-refractivity contribution is 5.94. The van der Waals surface area contributed by atoms with Gasteiger partial charge in [0.25, 0.3) is 0 Å². The van der Waals surface area contributed by atoms with Crippen LogP contribution >= 0.6 is 0 Å². The van der Waals surface area contributed by atoms with E-state index >= 15 is 0 Å². The Morgan fingerprint density at radius 3 is 2.74 bits per heavy atom. The lowest BCUT2D eigenvalue weighted by molar-refractivity contribution is -0.386. The van der Waals surface area contributed by atoms with E-state index in [4.69, 9.17) is 4.42 Å². The minimum Gasteiger partial charge on any atom is -0.418 e. The third-order valence-corrected chi connectivity index (χ3v) is 2.97. The van der Waals surface area contributed by atoms with Gasteiger partial charge in [-0.05, 0) is 25.5 Å². The molecule has 2 aromatic rings. The molecule has 0 saturated heterocycles. The van der Waals surface area contributed by atoms with Crippen LogP contribution in [0.3, 0.4) is 0 Å². The number of fused-ring (bicyclic) bond motifs is 1. The molecule has 0 radical (unpaired) electrons. The summed E-state index contributed by atoms with van der Waals surface area (Å²) in [5.41, 5.74) is -0.913. The van der Waals surface area contributed by atoms with Crippen LogP contribution in [-0.2, 0) is 0 Å². The van der Waals surface area contributed by atoms with Gasteiger partial charge in [0, 0.05) is 11.4 Å². The number of hydrogen-bond donors (Lipinski definition) is 1. The molecule has 1 heterocycles. The molecular formula is C13H14N2O4. The molecule has 0 saturated carbocycles. The average Bonchev–Trinajstić information content (AvgIpc) is 2.37. The SMILES string of the molecule is CC[C@@H](C)Nc1c([N+](=O)[O-])c(=O)oc2ccccc12. The lowest BCUT2D eigenvalue weighted by Crippen LogP contribution is -2.18. The first-order valence-electron chi connectivity index (χ1n) is 6.01. The molecule has 1 N–H and O–H groups in total. The predicted octanol–water partition coefficient (Wildman–Crippen LogP) is 2.91. The van der Waals surface area contributed by atoms with Gasteiger partial charge in [-0.25, -0.2) is 4.79 Å². The van der Waals surface area contributed by atoms with Gasteiger partial charge < -0.3 is 9.73 Å². The van der Waals surface area contributed by atoms with E-state index < -0.39 is 16.2 Å². The number of nitrogens with zero attached hydrogens (tertiary/aromatic N) is 1. The molecule has 0 unspecified atom stereocenters. The Morgan fingerprint density at radius 1 is 1.42 bits per heavy atom. The number of nitro groups is 1. The second kappa shape index (κ2) is 5.09. The summed E-state index contributed by atoms with van der Waals surface area (Å²) in [5, 5.41) is 14.6. The van der Waals surface area contributed by atoms with Gasteiger partial charge in [-0.15, -0.1) is 0 Å². The van der Waals surface area contributed by atoms with Crippen LogP contribution < -0.4 is 10.9 Å². The maximum atomic E-state index is 11.7. The summed E-state index contributed by atoms with van der Waals surface area (Å²) < 4.78 is 4.97. The Labute approximate surface area is 109 Å². The summed E-state index contributed by atoms with van der Waals surface area (Å²) in [4.78, 5) is 22.1. The van der Waals surface area contributed by atoms with Crippen molar-refractivity contribution in [3.63, 3.8) is 0 Å². The Hall–Kier alpha value is -2.37. The van der Waals surface area contributed by atoms with Gasteiger partial charge >= 0.3 is 11.3 Å². The Bertz CT molecular complexity index is 678. The Kier molecular flexibility index (Phi) is 3.50. The van der Waals surface area contributed by atoms with E-state index in [1.165, 1.54) is 0 Å². The van der Waals surface area contributed by atoms with Crippen molar-refractivity contribution < 1.29 is 9.34 Å². The van der Waals surface area contributed by atoms with Crippen LogP contribution in [0, 0.1) is 10.1 Å². The molecule has 0 fully saturated rings. The van der Waals surface area contributed by atoms with Gasteiger partial charge in [0.05, 0.1) is 4.92 Å². The van der Waals surface area contributed by atoms with Crippen LogP contribution in [-0.4, -0.2) is 11.0 Å². The van der Waals surface area contributed by atoms with E-state index in [-0.39, 0.29) is 11.7 Å². The van der Waals surface area contributed by atoms with Gasteiger partial charge in [-0.1, -0.05) is 19.1 Å². The number of rotatable bonds is 4. The first-order chi connectivity index (χ1) is 9.04. The zero-order valence-corrected chi connectivity index (χ0v) is 10.7. The Balaban J connectivity index is 2.76. The van der Waals surface area contributed by atoms with Crippen molar-refractivity contribution >= 4 is 22.3 Å². The zero-order chi connectivity index (χ0) is 14.0. The molecule has 2 rings (SSSR count). The van der Waals surface area contributed by atoms with Crippen molar-refractivity contribution in [2.24, 2.45) is 0 Å². The van der Waals surface area contributed by atoms with Crippen LogP contribution in [0.4, 0.5) is 11.4 Å². The number of hydrogen-bond acceptors (Lipinski definition) is 5. The lowest BCUT2D eigenvalue weighted by Gasteiger charge is -2.14. The number of nitrogens with one attached hydrogen (secondary N) is 1. The predicted molar refractivity (Wildman–Crippen MR) is 72.5 cm³/mol. The van der Waals surface area contributed by atoms with Gasteiger partial charge in [0.15, 0.2) is 0 Å². The minimum absolute atomic E-state index is 0.0175. The van der Waals surface area contributed by atoms with Crippen molar-refractivity contribution in [3.8, 4) is 0 Å². The normalized spacial score (nSPS) is 12.3. The molecular weight excluding hydrogens is 248 g/mol. The van der Waals surface area contributed by atoms with Crippen molar-refractivity contribution in [2.75, 3.05) is 5.32 Å². The fourth-order valence-corrected chi connectivity index (χ4v) is 1.80. The van der Waals surface area contributed by atoms with Crippen molar-refractivity contribution in [1.82, 2.24) is 0 Å². The standard InChI is InChI=1S/C13H14N2O4/c1-3-8(2)14-11-9-6-4-5-7-10(9)19-13(16)12(11)15(17)18/h4-8,14H,3H2,1-2H3/t8-/m1/s1. The highest BCUT2D eigenvalue weighted by Crippen LogP contribution is 2.30. The van der Waals surface area contributed by atoms with E-state index in [0.717, 1.165) is 6.42 Å². The molecule has 0 bridgehead atoms. The third-order valence-electron chi connectivity index (χ3n) is 2.97.